The van der Waals surface area contributed by atoms with Gasteiger partial charge in [0.05, 0.1) is 0 Å². The van der Waals surface area contributed by atoms with E-state index in [0.29, 0.717) is 0 Å². The van der Waals surface area contributed by atoms with Crippen molar-refractivity contribution in [3.05, 3.63) is 47.2 Å². The maximum Gasteiger partial charge on any atom is -0.0128 e. The Kier molecular flexibility index (Phi) is 3.42. The second-order valence-electron chi connectivity index (χ2n) is 4.48. The monoisotopic (exact) mass is 198 g/mol. The Labute approximate surface area is 92.3 Å². The van der Waals surface area contributed by atoms with Gasteiger partial charge in [-0.05, 0) is 36.5 Å². The van der Waals surface area contributed by atoms with Crippen molar-refractivity contribution in [1.29, 1.82) is 0 Å². The van der Waals surface area contributed by atoms with Gasteiger partial charge in [0, 0.05) is 0 Å². The van der Waals surface area contributed by atoms with Crippen LogP contribution in [0.5, 0.6) is 0 Å². The van der Waals surface area contributed by atoms with E-state index in [2.05, 4.69) is 43.0 Å². The molecule has 0 radical (unpaired) electrons. The highest BCUT2D eigenvalue weighted by Crippen LogP contribution is 2.31. The first-order valence-electron chi connectivity index (χ1n) is 5.82. The lowest BCUT2D eigenvalue weighted by Crippen LogP contribution is -2.10. The zero-order valence-electron chi connectivity index (χ0n) is 9.37. The zero-order chi connectivity index (χ0) is 10.5. The Balaban J connectivity index is 1.98. The van der Waals surface area contributed by atoms with Gasteiger partial charge in [0.15, 0.2) is 0 Å². The molecule has 1 fully saturated rings. The van der Waals surface area contributed by atoms with E-state index < -0.39 is 0 Å². The Morgan fingerprint density at radius 3 is 2.67 bits per heavy atom. The summed E-state index contributed by atoms with van der Waals surface area (Å²) in [5, 5.41) is 0. The van der Waals surface area contributed by atoms with Crippen LogP contribution in [0, 0.1) is 5.92 Å². The molecule has 0 bridgehead atoms. The molecule has 0 saturated heterocycles. The summed E-state index contributed by atoms with van der Waals surface area (Å²) in [5.74, 6) is 0.946. The van der Waals surface area contributed by atoms with E-state index in [1.165, 1.54) is 36.8 Å². The predicted octanol–water partition coefficient (Wildman–Crippen LogP) is 4.44. The summed E-state index contributed by atoms with van der Waals surface area (Å²) in [6.45, 7) is 2.19. The lowest BCUT2D eigenvalue weighted by atomic mass is 9.81. The zero-order valence-corrected chi connectivity index (χ0v) is 9.37. The number of benzene rings is 1. The minimum absolute atomic E-state index is 0.946. The Morgan fingerprint density at radius 1 is 1.33 bits per heavy atom. The third-order valence-corrected chi connectivity index (χ3v) is 3.10. The molecular weight excluding hydrogens is 180 g/mol. The lowest BCUT2D eigenvalue weighted by molar-refractivity contribution is 0.314. The SMILES string of the molecule is CC(=C=Cc1ccccc1)CC1CCC1. The van der Waals surface area contributed by atoms with Crippen LogP contribution in [0.1, 0.15) is 38.2 Å². The summed E-state index contributed by atoms with van der Waals surface area (Å²) in [7, 11) is 0. The summed E-state index contributed by atoms with van der Waals surface area (Å²) >= 11 is 0. The summed E-state index contributed by atoms with van der Waals surface area (Å²) in [6.07, 6.45) is 7.60. The van der Waals surface area contributed by atoms with Gasteiger partial charge in [-0.1, -0.05) is 49.6 Å². The molecule has 0 heterocycles. The molecular formula is C15H18. The summed E-state index contributed by atoms with van der Waals surface area (Å²) in [5.41, 5.74) is 6.02. The summed E-state index contributed by atoms with van der Waals surface area (Å²) in [4.78, 5) is 0. The van der Waals surface area contributed by atoms with Crippen molar-refractivity contribution in [2.75, 3.05) is 0 Å². The largest absolute Gasteiger partial charge is 0.121 e. The highest BCUT2D eigenvalue weighted by atomic mass is 14.2. The summed E-state index contributed by atoms with van der Waals surface area (Å²) in [6, 6.07) is 10.4. The first-order valence-corrected chi connectivity index (χ1v) is 5.82. The maximum atomic E-state index is 3.39. The van der Waals surface area contributed by atoms with E-state index in [1.54, 1.807) is 0 Å². The van der Waals surface area contributed by atoms with Crippen LogP contribution >= 0.6 is 0 Å². The topological polar surface area (TPSA) is 0 Å². The fraction of sp³-hybridized carbons (Fsp3) is 0.400. The second kappa shape index (κ2) is 5.00. The first-order chi connectivity index (χ1) is 7.34. The Hall–Kier alpha value is -1.26. The average molecular weight is 198 g/mol. The van der Waals surface area contributed by atoms with Gasteiger partial charge in [-0.3, -0.25) is 0 Å². The predicted molar refractivity (Wildman–Crippen MR) is 65.6 cm³/mol. The molecule has 1 aliphatic carbocycles. The van der Waals surface area contributed by atoms with Crippen LogP contribution in [0.4, 0.5) is 0 Å². The quantitative estimate of drug-likeness (QED) is 0.630. The van der Waals surface area contributed by atoms with Crippen LogP contribution in [0.25, 0.3) is 6.08 Å². The molecule has 1 aromatic carbocycles. The van der Waals surface area contributed by atoms with Crippen molar-refractivity contribution in [2.24, 2.45) is 5.92 Å². The third-order valence-electron chi connectivity index (χ3n) is 3.10. The van der Waals surface area contributed by atoms with Crippen LogP contribution in [-0.2, 0) is 0 Å². The van der Waals surface area contributed by atoms with E-state index in [4.69, 9.17) is 0 Å². The van der Waals surface area contributed by atoms with Gasteiger partial charge >= 0.3 is 0 Å². The Bertz CT molecular complexity index is 362. The van der Waals surface area contributed by atoms with E-state index in [1.807, 2.05) is 6.07 Å². The van der Waals surface area contributed by atoms with Gasteiger partial charge in [0.1, 0.15) is 0 Å². The normalized spacial score (nSPS) is 15.3. The van der Waals surface area contributed by atoms with E-state index in [0.717, 1.165) is 5.92 Å². The van der Waals surface area contributed by atoms with Gasteiger partial charge in [-0.25, -0.2) is 0 Å². The number of rotatable bonds is 3. The fourth-order valence-electron chi connectivity index (χ4n) is 1.94. The van der Waals surface area contributed by atoms with Gasteiger partial charge in [0.25, 0.3) is 0 Å². The van der Waals surface area contributed by atoms with Crippen molar-refractivity contribution in [3.63, 3.8) is 0 Å². The molecule has 2 rings (SSSR count). The van der Waals surface area contributed by atoms with Crippen LogP contribution < -0.4 is 0 Å². The molecule has 15 heavy (non-hydrogen) atoms. The highest BCUT2D eigenvalue weighted by Gasteiger charge is 2.16. The van der Waals surface area contributed by atoms with E-state index >= 15 is 0 Å². The van der Waals surface area contributed by atoms with Gasteiger partial charge in [-0.15, -0.1) is 5.73 Å². The standard InChI is InChI=1S/C15H18/c1-13(12-15-8-5-9-15)10-11-14-6-3-2-4-7-14/h2-4,6-7,11,15H,5,8-9,12H2,1H3. The molecule has 1 saturated carbocycles. The van der Waals surface area contributed by atoms with Crippen molar-refractivity contribution in [3.8, 4) is 0 Å². The van der Waals surface area contributed by atoms with Crippen LogP contribution in [0.2, 0.25) is 0 Å². The maximum absolute atomic E-state index is 3.39. The van der Waals surface area contributed by atoms with Gasteiger partial charge in [0.2, 0.25) is 0 Å². The highest BCUT2D eigenvalue weighted by molar-refractivity contribution is 5.48. The minimum atomic E-state index is 0.946. The molecule has 0 unspecified atom stereocenters. The molecule has 78 valence electrons. The van der Waals surface area contributed by atoms with Crippen LogP contribution in [0.15, 0.2) is 41.6 Å². The second-order valence-corrected chi connectivity index (χ2v) is 4.48. The average Bonchev–Trinajstić information content (AvgIpc) is 2.22. The van der Waals surface area contributed by atoms with Gasteiger partial charge in [-0.2, -0.15) is 0 Å². The molecule has 1 aliphatic rings. The molecule has 0 N–H and O–H groups in total. The first kappa shape index (κ1) is 10.3. The van der Waals surface area contributed by atoms with Crippen LogP contribution in [0.3, 0.4) is 0 Å². The third kappa shape index (κ3) is 3.11. The van der Waals surface area contributed by atoms with Crippen molar-refractivity contribution < 1.29 is 0 Å². The number of hydrogen-bond donors (Lipinski definition) is 0. The molecule has 1 aromatic rings. The molecule has 0 aliphatic heterocycles. The number of hydrogen-bond acceptors (Lipinski definition) is 0. The van der Waals surface area contributed by atoms with Crippen molar-refractivity contribution in [2.45, 2.75) is 32.6 Å². The number of allylic oxidation sites excluding steroid dienone is 1. The summed E-state index contributed by atoms with van der Waals surface area (Å²) < 4.78 is 0. The van der Waals surface area contributed by atoms with E-state index in [9.17, 15) is 0 Å². The molecule has 0 atom stereocenters. The minimum Gasteiger partial charge on any atom is -0.121 e. The fourth-order valence-corrected chi connectivity index (χ4v) is 1.94. The molecule has 0 nitrogen and oxygen atoms in total. The smallest absolute Gasteiger partial charge is 0.0128 e. The van der Waals surface area contributed by atoms with Gasteiger partial charge < -0.3 is 0 Å². The molecule has 0 heteroatoms. The molecule has 0 aromatic heterocycles. The lowest BCUT2D eigenvalue weighted by Gasteiger charge is -2.24. The van der Waals surface area contributed by atoms with Crippen molar-refractivity contribution >= 4 is 6.08 Å². The molecule has 0 spiro atoms. The van der Waals surface area contributed by atoms with E-state index in [-0.39, 0.29) is 0 Å². The Morgan fingerprint density at radius 2 is 2.07 bits per heavy atom. The van der Waals surface area contributed by atoms with Crippen LogP contribution in [-0.4, -0.2) is 0 Å². The van der Waals surface area contributed by atoms with Crippen molar-refractivity contribution in [1.82, 2.24) is 0 Å². The molecule has 0 amide bonds.